The molecule has 2 aromatic rings. The Morgan fingerprint density at radius 2 is 1.92 bits per heavy atom. The number of nitrogens with one attached hydrogen (secondary N) is 2. The quantitative estimate of drug-likeness (QED) is 0.873. The molecule has 2 aliphatic rings. The maximum Gasteiger partial charge on any atom is 0.223 e. The van der Waals surface area contributed by atoms with Gasteiger partial charge in [-0.3, -0.25) is 4.79 Å². The number of para-hydroxylation sites is 2. The van der Waals surface area contributed by atoms with Crippen molar-refractivity contribution in [3.05, 3.63) is 24.3 Å². The fourth-order valence-corrected chi connectivity index (χ4v) is 3.93. The number of imidazole rings is 1. The van der Waals surface area contributed by atoms with E-state index >= 15 is 0 Å². The summed E-state index contributed by atoms with van der Waals surface area (Å²) in [6, 6.07) is 8.09. The second-order valence-electron chi connectivity index (χ2n) is 7.18. The van der Waals surface area contributed by atoms with Crippen molar-refractivity contribution in [2.75, 3.05) is 44.2 Å². The molecule has 1 aromatic heterocycles. The summed E-state index contributed by atoms with van der Waals surface area (Å²) in [5, 5.41) is 3.13. The van der Waals surface area contributed by atoms with Crippen LogP contribution in [0.4, 0.5) is 5.95 Å². The van der Waals surface area contributed by atoms with Gasteiger partial charge < -0.3 is 20.1 Å². The van der Waals surface area contributed by atoms with E-state index in [9.17, 15) is 4.79 Å². The maximum atomic E-state index is 12.4. The highest BCUT2D eigenvalue weighted by Crippen LogP contribution is 2.23. The number of aromatic amines is 1. The van der Waals surface area contributed by atoms with Crippen LogP contribution in [-0.2, 0) is 4.79 Å². The number of amides is 1. The Morgan fingerprint density at radius 3 is 2.68 bits per heavy atom. The highest BCUT2D eigenvalue weighted by Gasteiger charge is 2.26. The SMILES string of the molecule is O=C(NCCN1CCCC1)C1CCN(c2nc3ccccc3[nH]2)CC1. The number of nitrogens with zero attached hydrogens (tertiary/aromatic N) is 3. The third kappa shape index (κ3) is 3.79. The Hall–Kier alpha value is -2.08. The molecule has 0 radical (unpaired) electrons. The van der Waals surface area contributed by atoms with E-state index in [-0.39, 0.29) is 11.8 Å². The summed E-state index contributed by atoms with van der Waals surface area (Å²) >= 11 is 0. The van der Waals surface area contributed by atoms with Gasteiger partial charge >= 0.3 is 0 Å². The summed E-state index contributed by atoms with van der Waals surface area (Å²) in [5.74, 6) is 1.29. The van der Waals surface area contributed by atoms with E-state index in [0.717, 1.165) is 56.0 Å². The van der Waals surface area contributed by atoms with Gasteiger partial charge in [0.2, 0.25) is 11.9 Å². The minimum Gasteiger partial charge on any atom is -0.355 e. The van der Waals surface area contributed by atoms with E-state index in [1.807, 2.05) is 24.3 Å². The molecule has 6 nitrogen and oxygen atoms in total. The molecular formula is C19H27N5O. The van der Waals surface area contributed by atoms with Crippen LogP contribution in [0.1, 0.15) is 25.7 Å². The smallest absolute Gasteiger partial charge is 0.223 e. The molecule has 0 aliphatic carbocycles. The zero-order chi connectivity index (χ0) is 17.1. The van der Waals surface area contributed by atoms with Gasteiger partial charge in [-0.2, -0.15) is 0 Å². The van der Waals surface area contributed by atoms with Crippen molar-refractivity contribution < 1.29 is 4.79 Å². The Morgan fingerprint density at radius 1 is 1.16 bits per heavy atom. The van der Waals surface area contributed by atoms with Gasteiger partial charge in [0, 0.05) is 32.1 Å². The van der Waals surface area contributed by atoms with E-state index in [2.05, 4.69) is 25.1 Å². The lowest BCUT2D eigenvalue weighted by Gasteiger charge is -2.31. The topological polar surface area (TPSA) is 64.3 Å². The third-order valence-corrected chi connectivity index (χ3v) is 5.47. The maximum absolute atomic E-state index is 12.4. The Balaban J connectivity index is 1.25. The van der Waals surface area contributed by atoms with Crippen molar-refractivity contribution in [2.45, 2.75) is 25.7 Å². The fraction of sp³-hybridized carbons (Fsp3) is 0.579. The highest BCUT2D eigenvalue weighted by atomic mass is 16.1. The molecule has 0 saturated carbocycles. The van der Waals surface area contributed by atoms with Crippen molar-refractivity contribution in [3.63, 3.8) is 0 Å². The number of hydrogen-bond acceptors (Lipinski definition) is 4. The molecule has 0 bridgehead atoms. The molecule has 2 aliphatic heterocycles. The van der Waals surface area contributed by atoms with Crippen LogP contribution in [-0.4, -0.2) is 60.0 Å². The lowest BCUT2D eigenvalue weighted by Crippen LogP contribution is -2.42. The summed E-state index contributed by atoms with van der Waals surface area (Å²) < 4.78 is 0. The first-order chi connectivity index (χ1) is 12.3. The largest absolute Gasteiger partial charge is 0.355 e. The summed E-state index contributed by atoms with van der Waals surface area (Å²) in [7, 11) is 0. The Kier molecular flexibility index (Phi) is 4.88. The summed E-state index contributed by atoms with van der Waals surface area (Å²) in [6.45, 7) is 5.90. The van der Waals surface area contributed by atoms with E-state index in [4.69, 9.17) is 0 Å². The molecule has 2 N–H and O–H groups in total. The van der Waals surface area contributed by atoms with Crippen molar-refractivity contribution in [1.29, 1.82) is 0 Å². The van der Waals surface area contributed by atoms with E-state index in [0.29, 0.717) is 0 Å². The number of carbonyl (C=O) groups excluding carboxylic acids is 1. The van der Waals surface area contributed by atoms with Crippen LogP contribution in [0.5, 0.6) is 0 Å². The normalized spacial score (nSPS) is 19.6. The van der Waals surface area contributed by atoms with Gasteiger partial charge in [-0.25, -0.2) is 4.98 Å². The molecule has 134 valence electrons. The average Bonchev–Trinajstić information content (AvgIpc) is 3.31. The number of rotatable bonds is 5. The van der Waals surface area contributed by atoms with Gasteiger partial charge in [0.15, 0.2) is 0 Å². The summed E-state index contributed by atoms with van der Waals surface area (Å²) in [5.41, 5.74) is 2.07. The van der Waals surface area contributed by atoms with Crippen molar-refractivity contribution in [1.82, 2.24) is 20.2 Å². The standard InChI is InChI=1S/C19H27N5O/c25-18(20-9-14-23-10-3-4-11-23)15-7-12-24(13-8-15)19-21-16-5-1-2-6-17(16)22-19/h1-2,5-6,15H,3-4,7-14H2,(H,20,25)(H,21,22). The molecular weight excluding hydrogens is 314 g/mol. The lowest BCUT2D eigenvalue weighted by atomic mass is 9.96. The molecule has 6 heteroatoms. The molecule has 1 aromatic carbocycles. The lowest BCUT2D eigenvalue weighted by molar-refractivity contribution is -0.125. The second kappa shape index (κ2) is 7.44. The van der Waals surface area contributed by atoms with Crippen LogP contribution >= 0.6 is 0 Å². The predicted octanol–water partition coefficient (Wildman–Crippen LogP) is 1.99. The third-order valence-electron chi connectivity index (χ3n) is 5.47. The van der Waals surface area contributed by atoms with Gasteiger partial charge in [0.05, 0.1) is 11.0 Å². The van der Waals surface area contributed by atoms with Crippen LogP contribution in [0, 0.1) is 5.92 Å². The number of fused-ring (bicyclic) bond motifs is 1. The number of carbonyl (C=O) groups is 1. The number of likely N-dealkylation sites (tertiary alicyclic amines) is 1. The zero-order valence-electron chi connectivity index (χ0n) is 14.7. The highest BCUT2D eigenvalue weighted by molar-refractivity contribution is 5.79. The fourth-order valence-electron chi connectivity index (χ4n) is 3.93. The van der Waals surface area contributed by atoms with Crippen LogP contribution in [0.25, 0.3) is 11.0 Å². The monoisotopic (exact) mass is 341 g/mol. The number of aromatic nitrogens is 2. The van der Waals surface area contributed by atoms with Gasteiger partial charge in [0.25, 0.3) is 0 Å². The summed E-state index contributed by atoms with van der Waals surface area (Å²) in [6.07, 6.45) is 4.39. The van der Waals surface area contributed by atoms with Crippen LogP contribution < -0.4 is 10.2 Å². The number of benzene rings is 1. The average molecular weight is 341 g/mol. The van der Waals surface area contributed by atoms with Crippen LogP contribution in [0.3, 0.4) is 0 Å². The molecule has 3 heterocycles. The zero-order valence-corrected chi connectivity index (χ0v) is 14.7. The van der Waals surface area contributed by atoms with Gasteiger partial charge in [-0.1, -0.05) is 12.1 Å². The van der Waals surface area contributed by atoms with Crippen molar-refractivity contribution >= 4 is 22.9 Å². The van der Waals surface area contributed by atoms with Crippen molar-refractivity contribution in [3.8, 4) is 0 Å². The molecule has 2 fully saturated rings. The second-order valence-corrected chi connectivity index (χ2v) is 7.18. The van der Waals surface area contributed by atoms with Crippen LogP contribution in [0.2, 0.25) is 0 Å². The molecule has 0 atom stereocenters. The molecule has 1 amide bonds. The van der Waals surface area contributed by atoms with Crippen molar-refractivity contribution in [2.24, 2.45) is 5.92 Å². The molecule has 0 spiro atoms. The van der Waals surface area contributed by atoms with E-state index < -0.39 is 0 Å². The number of piperidine rings is 1. The van der Waals surface area contributed by atoms with Gasteiger partial charge in [0.1, 0.15) is 0 Å². The minimum atomic E-state index is 0.138. The Labute approximate surface area is 148 Å². The molecule has 2 saturated heterocycles. The van der Waals surface area contributed by atoms with Gasteiger partial charge in [-0.05, 0) is 50.9 Å². The molecule has 4 rings (SSSR count). The molecule has 25 heavy (non-hydrogen) atoms. The Bertz CT molecular complexity index is 680. The van der Waals surface area contributed by atoms with Gasteiger partial charge in [-0.15, -0.1) is 0 Å². The number of anilines is 1. The number of H-pyrrole nitrogens is 1. The molecule has 0 unspecified atom stereocenters. The minimum absolute atomic E-state index is 0.138. The van der Waals surface area contributed by atoms with E-state index in [1.165, 1.54) is 25.9 Å². The van der Waals surface area contributed by atoms with E-state index in [1.54, 1.807) is 0 Å². The number of hydrogen-bond donors (Lipinski definition) is 2. The summed E-state index contributed by atoms with van der Waals surface area (Å²) in [4.78, 5) is 25.1. The predicted molar refractivity (Wildman–Crippen MR) is 99.7 cm³/mol. The first kappa shape index (κ1) is 16.4. The first-order valence-electron chi connectivity index (χ1n) is 9.49. The van der Waals surface area contributed by atoms with Crippen LogP contribution in [0.15, 0.2) is 24.3 Å². The first-order valence-corrected chi connectivity index (χ1v) is 9.49.